The fourth-order valence-electron chi connectivity index (χ4n) is 9.13. The molecular formula is C26H37KO9. The summed E-state index contributed by atoms with van der Waals surface area (Å²) in [6.45, 7) is 6.24. The first-order valence-corrected chi connectivity index (χ1v) is 12.9. The number of fused-ring (bicyclic) bond motifs is 3. The molecule has 4 aliphatic carbocycles. The minimum absolute atomic E-state index is 0. The van der Waals surface area contributed by atoms with Crippen molar-refractivity contribution in [1.29, 1.82) is 0 Å². The Balaban J connectivity index is 0.00000304. The monoisotopic (exact) mass is 532 g/mol. The number of carbonyl (C=O) groups excluding carboxylic acids is 3. The van der Waals surface area contributed by atoms with Crippen molar-refractivity contribution < 1.29 is 95.7 Å². The van der Waals surface area contributed by atoms with Crippen molar-refractivity contribution in [2.75, 3.05) is 0 Å². The van der Waals surface area contributed by atoms with Gasteiger partial charge in [-0.2, -0.15) is 0 Å². The molecule has 10 heteroatoms. The summed E-state index contributed by atoms with van der Waals surface area (Å²) >= 11 is 0. The molecule has 0 aromatic carbocycles. The summed E-state index contributed by atoms with van der Waals surface area (Å²) in [5, 5.41) is 41.7. The van der Waals surface area contributed by atoms with Gasteiger partial charge in [-0.3, -0.25) is 9.59 Å². The van der Waals surface area contributed by atoms with Crippen LogP contribution in [-0.2, 0) is 23.9 Å². The molecule has 0 radical (unpaired) electrons. The quantitative estimate of drug-likeness (QED) is 0.264. The number of carbonyl (C=O) groups is 3. The van der Waals surface area contributed by atoms with Gasteiger partial charge in [-0.15, -0.1) is 0 Å². The van der Waals surface area contributed by atoms with E-state index in [0.717, 1.165) is 44.9 Å². The summed E-state index contributed by atoms with van der Waals surface area (Å²) < 4.78 is 10.7. The number of aliphatic carboxylic acids is 1. The third-order valence-corrected chi connectivity index (χ3v) is 10.8. The van der Waals surface area contributed by atoms with Gasteiger partial charge < -0.3 is 34.7 Å². The van der Waals surface area contributed by atoms with E-state index in [4.69, 9.17) is 9.47 Å². The normalized spacial score (nSPS) is 51.9. The minimum atomic E-state index is -1.93. The van der Waals surface area contributed by atoms with E-state index < -0.39 is 48.1 Å². The zero-order chi connectivity index (χ0) is 25.6. The van der Waals surface area contributed by atoms with E-state index in [1.165, 1.54) is 0 Å². The molecule has 196 valence electrons. The molecule has 9 nitrogen and oxygen atoms in total. The smallest absolute Gasteiger partial charge is 0.547 e. The van der Waals surface area contributed by atoms with Gasteiger partial charge in [-0.25, -0.2) is 0 Å². The molecule has 0 aromatic heterocycles. The maximum atomic E-state index is 13.6. The maximum Gasteiger partial charge on any atom is 1.00 e. The molecule has 0 unspecified atom stereocenters. The van der Waals surface area contributed by atoms with Crippen LogP contribution >= 0.6 is 0 Å². The van der Waals surface area contributed by atoms with Gasteiger partial charge in [0.1, 0.15) is 30.2 Å². The molecule has 0 amide bonds. The number of esters is 1. The van der Waals surface area contributed by atoms with Crippen LogP contribution in [0, 0.1) is 33.5 Å². The Bertz CT molecular complexity index is 942. The van der Waals surface area contributed by atoms with E-state index >= 15 is 0 Å². The Morgan fingerprint density at radius 1 is 0.972 bits per heavy atom. The molecule has 2 bridgehead atoms. The van der Waals surface area contributed by atoms with E-state index in [1.54, 1.807) is 0 Å². The zero-order valence-electron chi connectivity index (χ0n) is 21.7. The number of carboxylic acids is 1. The summed E-state index contributed by atoms with van der Waals surface area (Å²) in [7, 11) is 0. The summed E-state index contributed by atoms with van der Waals surface area (Å²) in [6.07, 6.45) is -1.75. The molecule has 0 aromatic rings. The van der Waals surface area contributed by atoms with Crippen LogP contribution in [-0.4, -0.2) is 63.7 Å². The third-order valence-electron chi connectivity index (χ3n) is 10.8. The Morgan fingerprint density at radius 3 is 2.31 bits per heavy atom. The third kappa shape index (κ3) is 4.13. The first-order valence-electron chi connectivity index (χ1n) is 12.9. The van der Waals surface area contributed by atoms with Gasteiger partial charge in [-0.1, -0.05) is 20.3 Å². The predicted molar refractivity (Wildman–Crippen MR) is 118 cm³/mol. The van der Waals surface area contributed by atoms with Crippen LogP contribution in [0.2, 0.25) is 0 Å². The molecule has 1 heterocycles. The topological polar surface area (TPSA) is 153 Å². The summed E-state index contributed by atoms with van der Waals surface area (Å²) in [6, 6.07) is 0. The number of aliphatic hydroxyl groups is 3. The summed E-state index contributed by atoms with van der Waals surface area (Å²) in [5.41, 5.74) is -1.25. The second-order valence-corrected chi connectivity index (χ2v) is 12.8. The fourth-order valence-corrected chi connectivity index (χ4v) is 9.13. The number of carboxylic acid groups (broad SMARTS) is 1. The number of ether oxygens (including phenoxy) is 2. The summed E-state index contributed by atoms with van der Waals surface area (Å²) in [4.78, 5) is 37.9. The predicted octanol–water partition coefficient (Wildman–Crippen LogP) is -2.54. The van der Waals surface area contributed by atoms with Crippen LogP contribution in [0.15, 0.2) is 0 Å². The molecule has 5 fully saturated rings. The van der Waals surface area contributed by atoms with E-state index in [0.29, 0.717) is 24.5 Å². The Labute approximate surface area is 254 Å². The Morgan fingerprint density at radius 2 is 1.64 bits per heavy atom. The van der Waals surface area contributed by atoms with E-state index in [-0.39, 0.29) is 73.5 Å². The van der Waals surface area contributed by atoms with Crippen molar-refractivity contribution in [2.24, 2.45) is 33.5 Å². The van der Waals surface area contributed by atoms with Crippen LogP contribution in [0.3, 0.4) is 0 Å². The van der Waals surface area contributed by atoms with Crippen molar-refractivity contribution in [3.8, 4) is 0 Å². The van der Waals surface area contributed by atoms with Gasteiger partial charge in [0.25, 0.3) is 0 Å². The van der Waals surface area contributed by atoms with Gasteiger partial charge in [0, 0.05) is 11.8 Å². The van der Waals surface area contributed by atoms with Crippen LogP contribution in [0.25, 0.3) is 0 Å². The van der Waals surface area contributed by atoms with Crippen molar-refractivity contribution >= 4 is 17.7 Å². The first-order chi connectivity index (χ1) is 16.3. The van der Waals surface area contributed by atoms with E-state index in [9.17, 15) is 34.8 Å². The average Bonchev–Trinajstić information content (AvgIpc) is 2.96. The molecule has 1 aliphatic heterocycles. The van der Waals surface area contributed by atoms with Crippen LogP contribution in [0.5, 0.6) is 0 Å². The molecule has 3 N–H and O–H groups in total. The van der Waals surface area contributed by atoms with Crippen LogP contribution in [0.4, 0.5) is 0 Å². The molecule has 11 atom stereocenters. The van der Waals surface area contributed by atoms with E-state index in [1.807, 2.05) is 6.92 Å². The number of rotatable bonds is 3. The fraction of sp³-hybridized carbons (Fsp3) is 0.885. The van der Waals surface area contributed by atoms with Crippen molar-refractivity contribution in [1.82, 2.24) is 0 Å². The molecule has 1 saturated heterocycles. The average molecular weight is 533 g/mol. The van der Waals surface area contributed by atoms with Crippen LogP contribution < -0.4 is 56.5 Å². The standard InChI is InChI=1S/C26H38O9.K/c1-23-9-5-14-24(2)7-4-8-25(3,13(24)6-10-26(14,12-23)11-15(23)27)22(33)35-21-18(30)16(28)17(29)19(34-21)20(31)32;/h13-14,16-19,21,28-30H,4-12H2,1-3H3,(H,31,32);/q;+1/p-1/t13-,14-,16-,17-,18+,19-,21-,23-,24+,25+,26-;/m0./s1. The number of Topliss-reactive ketones (excluding diaryl/α,β-unsaturated/α-hetero) is 1. The van der Waals surface area contributed by atoms with Crippen molar-refractivity contribution in [3.63, 3.8) is 0 Å². The first kappa shape index (κ1) is 29.1. The van der Waals surface area contributed by atoms with Gasteiger partial charge in [0.2, 0.25) is 6.29 Å². The number of ketones is 1. The van der Waals surface area contributed by atoms with Gasteiger partial charge in [0.05, 0.1) is 11.4 Å². The Hall–Kier alpha value is 0.0864. The van der Waals surface area contributed by atoms with Crippen molar-refractivity contribution in [2.45, 2.75) is 109 Å². The molecule has 5 aliphatic rings. The second kappa shape index (κ2) is 9.62. The maximum absolute atomic E-state index is 13.6. The van der Waals surface area contributed by atoms with Gasteiger partial charge >= 0.3 is 57.4 Å². The van der Waals surface area contributed by atoms with Gasteiger partial charge in [-0.05, 0) is 74.5 Å². The molecular weight excluding hydrogens is 495 g/mol. The molecule has 5 rings (SSSR count). The largest absolute Gasteiger partial charge is 1.00 e. The van der Waals surface area contributed by atoms with Crippen LogP contribution in [0.1, 0.15) is 78.6 Å². The minimum Gasteiger partial charge on any atom is -0.547 e. The SMILES string of the molecule is C[C@@]12CC[C@@H]3[C@@](CC[C@H]4[C@@]3(C)CCC[C@@]4(C)C(=O)O[C@@H]3O[C@H](C(=O)[O-])[C@@H](O)[C@H](O)[C@H]3O)(CC1=O)C2.[K+]. The molecule has 4 saturated carbocycles. The van der Waals surface area contributed by atoms with Crippen molar-refractivity contribution in [3.05, 3.63) is 0 Å². The Kier molecular flexibility index (Phi) is 7.77. The molecule has 36 heavy (non-hydrogen) atoms. The summed E-state index contributed by atoms with van der Waals surface area (Å²) in [5.74, 6) is -1.64. The van der Waals surface area contributed by atoms with E-state index in [2.05, 4.69) is 13.8 Å². The number of aliphatic hydroxyl groups excluding tert-OH is 3. The second-order valence-electron chi connectivity index (χ2n) is 12.8. The molecule has 1 spiro atoms. The van der Waals surface area contributed by atoms with Gasteiger partial charge in [0.15, 0.2) is 0 Å². The number of hydrogen-bond donors (Lipinski definition) is 3. The zero-order valence-corrected chi connectivity index (χ0v) is 24.8. The number of hydrogen-bond acceptors (Lipinski definition) is 9.